The van der Waals surface area contributed by atoms with Gasteiger partial charge in [0, 0.05) is 6.54 Å². The molecule has 1 aromatic rings. The van der Waals surface area contributed by atoms with Gasteiger partial charge in [0.1, 0.15) is 11.6 Å². The Bertz CT molecular complexity index is 415. The van der Waals surface area contributed by atoms with Crippen LogP contribution in [0.15, 0.2) is 35.9 Å². The van der Waals surface area contributed by atoms with Crippen LogP contribution in [0.1, 0.15) is 18.9 Å². The Morgan fingerprint density at radius 3 is 2.69 bits per heavy atom. The summed E-state index contributed by atoms with van der Waals surface area (Å²) in [5, 5.41) is 11.6. The average molecular weight is 214 g/mol. The lowest BCUT2D eigenvalue weighted by Crippen LogP contribution is -2.25. The number of rotatable bonds is 4. The summed E-state index contributed by atoms with van der Waals surface area (Å²) in [4.78, 5) is 11.5. The van der Waals surface area contributed by atoms with E-state index in [0.717, 1.165) is 12.0 Å². The summed E-state index contributed by atoms with van der Waals surface area (Å²) in [5.41, 5.74) is 0.991. The molecule has 0 unspecified atom stereocenters. The molecule has 16 heavy (non-hydrogen) atoms. The topological polar surface area (TPSA) is 52.9 Å². The summed E-state index contributed by atoms with van der Waals surface area (Å²) in [7, 11) is 0. The highest BCUT2D eigenvalue weighted by Crippen LogP contribution is 2.05. The predicted molar refractivity (Wildman–Crippen MR) is 63.3 cm³/mol. The van der Waals surface area contributed by atoms with Crippen LogP contribution in [0, 0.1) is 11.3 Å². The third-order valence-electron chi connectivity index (χ3n) is 2.01. The monoisotopic (exact) mass is 214 g/mol. The van der Waals surface area contributed by atoms with Gasteiger partial charge in [0.15, 0.2) is 0 Å². The van der Waals surface area contributed by atoms with Gasteiger partial charge >= 0.3 is 0 Å². The number of hydrogen-bond acceptors (Lipinski definition) is 2. The first-order valence-corrected chi connectivity index (χ1v) is 5.23. The average Bonchev–Trinajstić information content (AvgIpc) is 2.34. The molecular weight excluding hydrogens is 200 g/mol. The molecule has 0 fully saturated rings. The van der Waals surface area contributed by atoms with E-state index in [1.165, 1.54) is 0 Å². The Balaban J connectivity index is 2.79. The lowest BCUT2D eigenvalue weighted by molar-refractivity contribution is -0.117. The van der Waals surface area contributed by atoms with E-state index >= 15 is 0 Å². The van der Waals surface area contributed by atoms with E-state index in [4.69, 9.17) is 5.26 Å². The van der Waals surface area contributed by atoms with Crippen molar-refractivity contribution in [2.75, 3.05) is 6.54 Å². The molecule has 3 nitrogen and oxygen atoms in total. The molecule has 1 rings (SSSR count). The van der Waals surface area contributed by atoms with Crippen molar-refractivity contribution in [2.24, 2.45) is 0 Å². The highest BCUT2D eigenvalue weighted by molar-refractivity contribution is 6.01. The number of carbonyl (C=O) groups excluding carboxylic acids is 1. The van der Waals surface area contributed by atoms with Gasteiger partial charge in [-0.15, -0.1) is 0 Å². The fourth-order valence-corrected chi connectivity index (χ4v) is 1.20. The van der Waals surface area contributed by atoms with Crippen LogP contribution >= 0.6 is 0 Å². The summed E-state index contributed by atoms with van der Waals surface area (Å²) in [6, 6.07) is 11.2. The van der Waals surface area contributed by atoms with Crippen LogP contribution in [-0.4, -0.2) is 12.5 Å². The van der Waals surface area contributed by atoms with Crippen molar-refractivity contribution >= 4 is 12.0 Å². The molecule has 0 radical (unpaired) electrons. The van der Waals surface area contributed by atoms with Gasteiger partial charge in [-0.25, -0.2) is 0 Å². The van der Waals surface area contributed by atoms with Gasteiger partial charge in [0.2, 0.25) is 0 Å². The third-order valence-corrected chi connectivity index (χ3v) is 2.01. The Morgan fingerprint density at radius 1 is 1.44 bits per heavy atom. The second-order valence-electron chi connectivity index (χ2n) is 3.34. The molecule has 1 N–H and O–H groups in total. The SMILES string of the molecule is CCCNC(=O)/C(C#N)=C/c1ccccc1. The van der Waals surface area contributed by atoms with E-state index in [1.807, 2.05) is 43.3 Å². The molecular formula is C13H14N2O. The van der Waals surface area contributed by atoms with Gasteiger partial charge in [-0.2, -0.15) is 5.26 Å². The maximum Gasteiger partial charge on any atom is 0.261 e. The van der Waals surface area contributed by atoms with Crippen LogP contribution in [0.5, 0.6) is 0 Å². The Kier molecular flexibility index (Phi) is 4.81. The van der Waals surface area contributed by atoms with Crippen molar-refractivity contribution < 1.29 is 4.79 Å². The zero-order valence-electron chi connectivity index (χ0n) is 9.23. The minimum Gasteiger partial charge on any atom is -0.351 e. The number of amides is 1. The van der Waals surface area contributed by atoms with Crippen LogP contribution in [0.2, 0.25) is 0 Å². The van der Waals surface area contributed by atoms with E-state index in [2.05, 4.69) is 5.32 Å². The lowest BCUT2D eigenvalue weighted by atomic mass is 10.1. The van der Waals surface area contributed by atoms with E-state index in [0.29, 0.717) is 6.54 Å². The lowest BCUT2D eigenvalue weighted by Gasteiger charge is -2.01. The number of nitriles is 1. The molecule has 0 aliphatic rings. The largest absolute Gasteiger partial charge is 0.351 e. The molecule has 0 saturated heterocycles. The molecule has 0 aliphatic carbocycles. The van der Waals surface area contributed by atoms with Crippen LogP contribution in [-0.2, 0) is 4.79 Å². The molecule has 0 atom stereocenters. The molecule has 0 spiro atoms. The van der Waals surface area contributed by atoms with Gasteiger partial charge in [-0.05, 0) is 18.1 Å². The van der Waals surface area contributed by atoms with E-state index in [-0.39, 0.29) is 11.5 Å². The maximum absolute atomic E-state index is 11.5. The van der Waals surface area contributed by atoms with Crippen molar-refractivity contribution in [2.45, 2.75) is 13.3 Å². The summed E-state index contributed by atoms with van der Waals surface area (Å²) >= 11 is 0. The summed E-state index contributed by atoms with van der Waals surface area (Å²) < 4.78 is 0. The molecule has 0 saturated carbocycles. The Hall–Kier alpha value is -2.08. The van der Waals surface area contributed by atoms with E-state index in [9.17, 15) is 4.79 Å². The standard InChI is InChI=1S/C13H14N2O/c1-2-8-15-13(16)12(10-14)9-11-6-4-3-5-7-11/h3-7,9H,2,8H2,1H3,(H,15,16)/b12-9+. The van der Waals surface area contributed by atoms with Gasteiger partial charge in [-0.3, -0.25) is 4.79 Å². The van der Waals surface area contributed by atoms with Crippen molar-refractivity contribution in [1.29, 1.82) is 5.26 Å². The number of nitrogens with one attached hydrogen (secondary N) is 1. The second kappa shape index (κ2) is 6.41. The van der Waals surface area contributed by atoms with Crippen molar-refractivity contribution in [3.05, 3.63) is 41.5 Å². The normalized spacial score (nSPS) is 10.6. The zero-order valence-corrected chi connectivity index (χ0v) is 9.23. The first kappa shape index (κ1) is 12.0. The van der Waals surface area contributed by atoms with Crippen LogP contribution in [0.4, 0.5) is 0 Å². The van der Waals surface area contributed by atoms with Crippen LogP contribution in [0.3, 0.4) is 0 Å². The summed E-state index contributed by atoms with van der Waals surface area (Å²) in [5.74, 6) is -0.312. The molecule has 0 heterocycles. The third kappa shape index (κ3) is 3.58. The first-order chi connectivity index (χ1) is 7.77. The smallest absolute Gasteiger partial charge is 0.261 e. The number of benzene rings is 1. The molecule has 0 bridgehead atoms. The predicted octanol–water partition coefficient (Wildman–Crippen LogP) is 2.12. The fourth-order valence-electron chi connectivity index (χ4n) is 1.20. The van der Waals surface area contributed by atoms with Gasteiger partial charge < -0.3 is 5.32 Å². The molecule has 3 heteroatoms. The number of carbonyl (C=O) groups is 1. The van der Waals surface area contributed by atoms with Gasteiger partial charge in [-0.1, -0.05) is 37.3 Å². The van der Waals surface area contributed by atoms with Crippen LogP contribution in [0.25, 0.3) is 6.08 Å². The van der Waals surface area contributed by atoms with Crippen molar-refractivity contribution in [3.8, 4) is 6.07 Å². The molecule has 1 amide bonds. The Labute approximate surface area is 95.4 Å². The number of nitrogens with zero attached hydrogens (tertiary/aromatic N) is 1. The molecule has 1 aromatic carbocycles. The molecule has 0 aromatic heterocycles. The van der Waals surface area contributed by atoms with E-state index < -0.39 is 0 Å². The summed E-state index contributed by atoms with van der Waals surface area (Å²) in [6.45, 7) is 2.56. The van der Waals surface area contributed by atoms with Gasteiger partial charge in [0.25, 0.3) is 5.91 Å². The first-order valence-electron chi connectivity index (χ1n) is 5.23. The second-order valence-corrected chi connectivity index (χ2v) is 3.34. The highest BCUT2D eigenvalue weighted by Gasteiger charge is 2.06. The molecule has 82 valence electrons. The minimum absolute atomic E-state index is 0.139. The van der Waals surface area contributed by atoms with Gasteiger partial charge in [0.05, 0.1) is 0 Å². The Morgan fingerprint density at radius 2 is 2.12 bits per heavy atom. The molecule has 0 aliphatic heterocycles. The minimum atomic E-state index is -0.312. The van der Waals surface area contributed by atoms with Crippen molar-refractivity contribution in [3.63, 3.8) is 0 Å². The number of hydrogen-bond donors (Lipinski definition) is 1. The maximum atomic E-state index is 11.5. The summed E-state index contributed by atoms with van der Waals surface area (Å²) in [6.07, 6.45) is 2.45. The van der Waals surface area contributed by atoms with Crippen LogP contribution < -0.4 is 5.32 Å². The fraction of sp³-hybridized carbons (Fsp3) is 0.231. The van der Waals surface area contributed by atoms with E-state index in [1.54, 1.807) is 6.08 Å². The quantitative estimate of drug-likeness (QED) is 0.616. The van der Waals surface area contributed by atoms with Crippen molar-refractivity contribution in [1.82, 2.24) is 5.32 Å². The zero-order chi connectivity index (χ0) is 11.8. The highest BCUT2D eigenvalue weighted by atomic mass is 16.1.